The van der Waals surface area contributed by atoms with Gasteiger partial charge in [-0.2, -0.15) is 0 Å². The second-order valence-corrected chi connectivity index (χ2v) is 14.1. The van der Waals surface area contributed by atoms with Gasteiger partial charge >= 0.3 is 0 Å². The Kier molecular flexibility index (Phi) is 8.67. The Labute approximate surface area is 214 Å². The maximum Gasteiger partial charge on any atom is 0.186 e. The molecule has 7 heteroatoms. The minimum absolute atomic E-state index is 0.0273. The zero-order valence-electron chi connectivity index (χ0n) is 21.2. The molecule has 34 heavy (non-hydrogen) atoms. The number of aliphatic imine (C=N–C) groups is 1. The summed E-state index contributed by atoms with van der Waals surface area (Å²) in [4.78, 5) is 18.1. The summed E-state index contributed by atoms with van der Waals surface area (Å²) < 4.78 is 0. The number of carbonyl (C=O) groups excluding carboxylic acids is 1. The molecule has 0 radical (unpaired) electrons. The van der Waals surface area contributed by atoms with Gasteiger partial charge in [0.1, 0.15) is 0 Å². The third kappa shape index (κ3) is 4.70. The highest BCUT2D eigenvalue weighted by Gasteiger charge is 2.69. The van der Waals surface area contributed by atoms with Crippen LogP contribution in [0.4, 0.5) is 0 Å². The fourth-order valence-corrected chi connectivity index (χ4v) is 10.7. The number of allylic oxidation sites excluding steroid dienone is 2. The minimum atomic E-state index is -0.0273. The van der Waals surface area contributed by atoms with Crippen molar-refractivity contribution in [1.82, 2.24) is 0 Å². The van der Waals surface area contributed by atoms with Crippen LogP contribution >= 0.6 is 21.6 Å². The van der Waals surface area contributed by atoms with E-state index in [1.165, 1.54) is 31.3 Å². The number of aliphatic hydroxyl groups is 1. The van der Waals surface area contributed by atoms with Crippen LogP contribution in [-0.2, 0) is 4.79 Å². The van der Waals surface area contributed by atoms with Crippen molar-refractivity contribution < 1.29 is 9.90 Å². The lowest BCUT2D eigenvalue weighted by Crippen LogP contribution is -2.52. The van der Waals surface area contributed by atoms with Crippen LogP contribution in [0.2, 0.25) is 0 Å². The fraction of sp³-hybridized carbons (Fsp3) is 0.852. The molecule has 4 aliphatic rings. The number of rotatable bonds is 7. The van der Waals surface area contributed by atoms with E-state index in [0.717, 1.165) is 62.0 Å². The Balaban J connectivity index is 1.69. The molecule has 1 spiro atoms. The zero-order chi connectivity index (χ0) is 24.3. The first kappa shape index (κ1) is 26.4. The molecular weight excluding hydrogens is 462 g/mol. The molecule has 0 aromatic heterocycles. The molecule has 0 amide bonds. The highest BCUT2D eigenvalue weighted by atomic mass is 33.1. The molecule has 2 fully saturated rings. The second kappa shape index (κ2) is 11.2. The van der Waals surface area contributed by atoms with Crippen LogP contribution in [0, 0.1) is 28.6 Å². The molecule has 5 bridgehead atoms. The molecule has 0 aromatic carbocycles. The Morgan fingerprint density at radius 1 is 1.24 bits per heavy atom. The summed E-state index contributed by atoms with van der Waals surface area (Å²) in [6, 6.07) is 0.122. The van der Waals surface area contributed by atoms with Crippen LogP contribution in [0.1, 0.15) is 90.9 Å². The van der Waals surface area contributed by atoms with E-state index < -0.39 is 0 Å². The highest BCUT2D eigenvalue weighted by molar-refractivity contribution is 8.76. The summed E-state index contributed by atoms with van der Waals surface area (Å²) in [7, 11) is 3.85. The van der Waals surface area contributed by atoms with E-state index in [9.17, 15) is 9.90 Å². The van der Waals surface area contributed by atoms with E-state index in [-0.39, 0.29) is 29.4 Å². The molecule has 0 saturated heterocycles. The number of ketones is 1. The molecule has 4 rings (SSSR count). The maximum absolute atomic E-state index is 13.6. The molecule has 6 atom stereocenters. The summed E-state index contributed by atoms with van der Waals surface area (Å²) in [5, 5.41) is 10.5. The number of hydrogen-bond donors (Lipinski definition) is 3. The van der Waals surface area contributed by atoms with E-state index in [1.54, 1.807) is 0 Å². The Morgan fingerprint density at radius 3 is 2.79 bits per heavy atom. The van der Waals surface area contributed by atoms with Gasteiger partial charge in [0.15, 0.2) is 11.7 Å². The molecule has 192 valence electrons. The number of unbranched alkanes of at least 4 members (excludes halogenated alkanes) is 3. The molecule has 0 aromatic rings. The Morgan fingerprint density at radius 2 is 2.06 bits per heavy atom. The summed E-state index contributed by atoms with van der Waals surface area (Å²) in [5.41, 5.74) is 14.2. The number of nitrogens with zero attached hydrogens (tertiary/aromatic N) is 1. The van der Waals surface area contributed by atoms with Gasteiger partial charge in [0, 0.05) is 29.9 Å². The fourth-order valence-electron chi connectivity index (χ4n) is 8.19. The number of Topliss-reactive ketones (excluding diaryl/α,β-unsaturated/α-hetero) is 1. The lowest BCUT2D eigenvalue weighted by molar-refractivity contribution is -0.125. The summed E-state index contributed by atoms with van der Waals surface area (Å²) in [6.07, 6.45) is 12.9. The van der Waals surface area contributed by atoms with Gasteiger partial charge in [-0.15, -0.1) is 0 Å². The van der Waals surface area contributed by atoms with Crippen molar-refractivity contribution in [3.8, 4) is 0 Å². The predicted octanol–water partition coefficient (Wildman–Crippen LogP) is 5.46. The van der Waals surface area contributed by atoms with Gasteiger partial charge in [-0.05, 0) is 73.7 Å². The highest BCUT2D eigenvalue weighted by Crippen LogP contribution is 2.75. The van der Waals surface area contributed by atoms with Crippen LogP contribution in [0.3, 0.4) is 0 Å². The third-order valence-electron chi connectivity index (χ3n) is 9.79. The first-order valence-corrected chi connectivity index (χ1v) is 16.1. The van der Waals surface area contributed by atoms with Crippen LogP contribution in [0.25, 0.3) is 0 Å². The molecule has 3 aliphatic carbocycles. The van der Waals surface area contributed by atoms with Gasteiger partial charge in [-0.3, -0.25) is 4.79 Å². The lowest BCUT2D eigenvalue weighted by Gasteiger charge is -2.57. The van der Waals surface area contributed by atoms with Crippen LogP contribution in [-0.4, -0.2) is 41.0 Å². The van der Waals surface area contributed by atoms with Gasteiger partial charge in [-0.1, -0.05) is 66.7 Å². The first-order chi connectivity index (χ1) is 16.4. The van der Waals surface area contributed by atoms with Gasteiger partial charge in [-0.25, -0.2) is 4.99 Å². The monoisotopic (exact) mass is 507 g/mol. The van der Waals surface area contributed by atoms with Crippen LogP contribution < -0.4 is 11.5 Å². The third-order valence-corrected chi connectivity index (χ3v) is 12.3. The van der Waals surface area contributed by atoms with Crippen molar-refractivity contribution in [1.29, 1.82) is 0 Å². The normalized spacial score (nSPS) is 38.3. The minimum Gasteiger partial charge on any atom is -0.396 e. The van der Waals surface area contributed by atoms with E-state index in [0.29, 0.717) is 30.0 Å². The number of nitrogens with two attached hydrogens (primary N) is 2. The van der Waals surface area contributed by atoms with Crippen molar-refractivity contribution in [3.63, 3.8) is 0 Å². The molecule has 5 N–H and O–H groups in total. The van der Waals surface area contributed by atoms with E-state index in [1.807, 2.05) is 21.6 Å². The van der Waals surface area contributed by atoms with E-state index in [2.05, 4.69) is 18.8 Å². The van der Waals surface area contributed by atoms with Gasteiger partial charge in [0.25, 0.3) is 0 Å². The molecular formula is C27H45N3O2S2. The van der Waals surface area contributed by atoms with Crippen molar-refractivity contribution in [2.45, 2.75) is 96.9 Å². The molecule has 1 aliphatic heterocycles. The van der Waals surface area contributed by atoms with Crippen LogP contribution in [0.15, 0.2) is 16.1 Å². The number of aliphatic hydroxyl groups excluding tert-OH is 1. The number of hydrogen-bond acceptors (Lipinski definition) is 5. The number of carbonyl (C=O) groups is 1. The average molecular weight is 508 g/mol. The van der Waals surface area contributed by atoms with Gasteiger partial charge < -0.3 is 16.6 Å². The lowest BCUT2D eigenvalue weighted by atomic mass is 9.47. The average Bonchev–Trinajstić information content (AvgIpc) is 3.13. The standard InChI is InChI=1S/C27H45N3O2S2/c1-3-4-5-6-10-22-18(16-31)13-19-14-23-21-9-7-8-20(30-25(28)29)17-34-33-12-11-26(19,2)27(22,23)15-24(21)32/h18-20,22,31H,3-17H2,1-2H3,(H4,28,29,30). The van der Waals surface area contributed by atoms with Gasteiger partial charge in [0.2, 0.25) is 0 Å². The molecule has 5 nitrogen and oxygen atoms in total. The Bertz CT molecular complexity index is 812. The molecule has 6 unspecified atom stereocenters. The molecule has 1 heterocycles. The first-order valence-electron chi connectivity index (χ1n) is 13.6. The van der Waals surface area contributed by atoms with Crippen molar-refractivity contribution in [2.75, 3.05) is 18.1 Å². The summed E-state index contributed by atoms with van der Waals surface area (Å²) in [5.74, 6) is 3.95. The maximum atomic E-state index is 13.6. The summed E-state index contributed by atoms with van der Waals surface area (Å²) in [6.45, 7) is 5.05. The zero-order valence-corrected chi connectivity index (χ0v) is 22.8. The quantitative estimate of drug-likeness (QED) is 0.183. The molecule has 2 saturated carbocycles. The van der Waals surface area contributed by atoms with Gasteiger partial charge in [0.05, 0.1) is 6.04 Å². The van der Waals surface area contributed by atoms with Crippen molar-refractivity contribution >= 4 is 33.3 Å². The predicted molar refractivity (Wildman–Crippen MR) is 146 cm³/mol. The largest absolute Gasteiger partial charge is 0.396 e. The SMILES string of the molecule is CCCCCCC1C(CO)CC2CC3=C4CCCC(N=C(N)N)CSSCCC2(C)C31CC4=O. The Hall–Kier alpha value is -0.660. The van der Waals surface area contributed by atoms with Crippen LogP contribution in [0.5, 0.6) is 0 Å². The topological polar surface area (TPSA) is 102 Å². The second-order valence-electron chi connectivity index (χ2n) is 11.4. The van der Waals surface area contributed by atoms with Crippen molar-refractivity contribution in [3.05, 3.63) is 11.1 Å². The van der Waals surface area contributed by atoms with E-state index >= 15 is 0 Å². The smallest absolute Gasteiger partial charge is 0.186 e. The van der Waals surface area contributed by atoms with Crippen molar-refractivity contribution in [2.24, 2.45) is 45.0 Å². The number of guanidine groups is 1. The van der Waals surface area contributed by atoms with E-state index in [4.69, 9.17) is 11.5 Å². The summed E-state index contributed by atoms with van der Waals surface area (Å²) >= 11 is 0.